The molecule has 0 radical (unpaired) electrons. The Kier molecular flexibility index (Phi) is 4.13. The molecule has 1 aromatic carbocycles. The van der Waals surface area contributed by atoms with Crippen molar-refractivity contribution in [3.63, 3.8) is 0 Å². The molecular weight excluding hydrogens is 252 g/mol. The van der Waals surface area contributed by atoms with Gasteiger partial charge in [0.05, 0.1) is 10.5 Å². The van der Waals surface area contributed by atoms with E-state index >= 15 is 0 Å². The summed E-state index contributed by atoms with van der Waals surface area (Å²) in [6, 6.07) is 6.33. The van der Waals surface area contributed by atoms with Crippen molar-refractivity contribution in [2.45, 2.75) is 37.7 Å². The standard InChI is InChI=1S/C12H18N2O3S/c1-9-4-6-10(7-5-9)18(16,17)14-11(13)8-12(2,3)15/h4-7,15H,8H2,1-3H3,(H2,13,14). The lowest BCUT2D eigenvalue weighted by Crippen LogP contribution is -2.28. The van der Waals surface area contributed by atoms with Crippen LogP contribution in [-0.4, -0.2) is 25.0 Å². The van der Waals surface area contributed by atoms with Gasteiger partial charge in [0, 0.05) is 6.42 Å². The monoisotopic (exact) mass is 270 g/mol. The van der Waals surface area contributed by atoms with Crippen LogP contribution in [0.15, 0.2) is 33.6 Å². The molecule has 18 heavy (non-hydrogen) atoms. The molecule has 1 aromatic rings. The van der Waals surface area contributed by atoms with Crippen LogP contribution in [0.3, 0.4) is 0 Å². The normalized spacial score (nSPS) is 13.7. The van der Waals surface area contributed by atoms with E-state index in [0.717, 1.165) is 5.56 Å². The highest BCUT2D eigenvalue weighted by Gasteiger charge is 2.18. The molecule has 0 aliphatic heterocycles. The van der Waals surface area contributed by atoms with Gasteiger partial charge >= 0.3 is 0 Å². The molecule has 0 fully saturated rings. The SMILES string of the molecule is Cc1ccc(S(=O)(=O)N=C(N)CC(C)(C)O)cc1. The number of aliphatic hydroxyl groups is 1. The Morgan fingerprint density at radius 2 is 1.83 bits per heavy atom. The molecule has 3 N–H and O–H groups in total. The largest absolute Gasteiger partial charge is 0.390 e. The molecule has 0 aliphatic carbocycles. The van der Waals surface area contributed by atoms with Gasteiger partial charge in [-0.2, -0.15) is 8.42 Å². The first kappa shape index (κ1) is 14.7. The summed E-state index contributed by atoms with van der Waals surface area (Å²) in [4.78, 5) is 0.0896. The van der Waals surface area contributed by atoms with Crippen LogP contribution in [0.25, 0.3) is 0 Å². The maximum absolute atomic E-state index is 11.9. The average Bonchev–Trinajstić information content (AvgIpc) is 2.13. The van der Waals surface area contributed by atoms with E-state index in [1.165, 1.54) is 26.0 Å². The van der Waals surface area contributed by atoms with Gasteiger partial charge in [-0.25, -0.2) is 0 Å². The van der Waals surface area contributed by atoms with Gasteiger partial charge < -0.3 is 10.8 Å². The number of nitrogens with two attached hydrogens (primary N) is 1. The highest BCUT2D eigenvalue weighted by atomic mass is 32.2. The van der Waals surface area contributed by atoms with Crippen molar-refractivity contribution in [2.24, 2.45) is 10.1 Å². The second-order valence-electron chi connectivity index (χ2n) is 4.86. The van der Waals surface area contributed by atoms with Crippen LogP contribution in [0.4, 0.5) is 0 Å². The molecule has 0 atom stereocenters. The predicted octanol–water partition coefficient (Wildman–Crippen LogP) is 1.20. The number of hydrogen-bond donors (Lipinski definition) is 2. The van der Waals surface area contributed by atoms with Crippen molar-refractivity contribution >= 4 is 15.9 Å². The van der Waals surface area contributed by atoms with Crippen LogP contribution in [0.5, 0.6) is 0 Å². The van der Waals surface area contributed by atoms with E-state index in [2.05, 4.69) is 4.40 Å². The van der Waals surface area contributed by atoms with Crippen molar-refractivity contribution in [1.82, 2.24) is 0 Å². The Morgan fingerprint density at radius 1 is 1.33 bits per heavy atom. The van der Waals surface area contributed by atoms with Crippen LogP contribution in [-0.2, 0) is 10.0 Å². The second kappa shape index (κ2) is 5.07. The van der Waals surface area contributed by atoms with Crippen molar-refractivity contribution in [2.75, 3.05) is 0 Å². The van der Waals surface area contributed by atoms with Crippen LogP contribution >= 0.6 is 0 Å². The number of rotatable bonds is 4. The van der Waals surface area contributed by atoms with Crippen molar-refractivity contribution in [3.8, 4) is 0 Å². The highest BCUT2D eigenvalue weighted by Crippen LogP contribution is 2.14. The van der Waals surface area contributed by atoms with E-state index in [1.807, 2.05) is 6.92 Å². The minimum atomic E-state index is -3.80. The molecule has 0 bridgehead atoms. The van der Waals surface area contributed by atoms with Crippen molar-refractivity contribution < 1.29 is 13.5 Å². The van der Waals surface area contributed by atoms with E-state index in [-0.39, 0.29) is 17.2 Å². The summed E-state index contributed by atoms with van der Waals surface area (Å²) in [6.45, 7) is 4.93. The van der Waals surface area contributed by atoms with Crippen LogP contribution in [0.1, 0.15) is 25.8 Å². The molecule has 6 heteroatoms. The van der Waals surface area contributed by atoms with E-state index in [1.54, 1.807) is 12.1 Å². The molecule has 5 nitrogen and oxygen atoms in total. The molecule has 0 aromatic heterocycles. The van der Waals surface area contributed by atoms with E-state index in [4.69, 9.17) is 5.73 Å². The number of benzene rings is 1. The fraction of sp³-hybridized carbons (Fsp3) is 0.417. The lowest BCUT2D eigenvalue weighted by molar-refractivity contribution is 0.0884. The van der Waals surface area contributed by atoms with Crippen molar-refractivity contribution in [1.29, 1.82) is 0 Å². The Bertz CT molecular complexity index is 540. The van der Waals surface area contributed by atoms with Gasteiger partial charge in [0.1, 0.15) is 5.84 Å². The van der Waals surface area contributed by atoms with Gasteiger partial charge in [-0.05, 0) is 32.9 Å². The number of amidine groups is 1. The number of sulfonamides is 1. The molecule has 0 amide bonds. The van der Waals surface area contributed by atoms with Gasteiger partial charge in [-0.3, -0.25) is 0 Å². The molecule has 0 spiro atoms. The minimum Gasteiger partial charge on any atom is -0.390 e. The molecule has 0 aliphatic rings. The Labute approximate surface area is 107 Å². The van der Waals surface area contributed by atoms with E-state index in [9.17, 15) is 13.5 Å². The third kappa shape index (κ3) is 4.46. The third-order valence-electron chi connectivity index (χ3n) is 2.17. The molecule has 100 valence electrons. The lowest BCUT2D eigenvalue weighted by Gasteiger charge is -2.15. The number of aryl methyl sites for hydroxylation is 1. The van der Waals surface area contributed by atoms with Gasteiger partial charge in [0.25, 0.3) is 10.0 Å². The fourth-order valence-electron chi connectivity index (χ4n) is 1.39. The zero-order valence-electron chi connectivity index (χ0n) is 10.7. The third-order valence-corrected chi connectivity index (χ3v) is 3.51. The molecular formula is C12H18N2O3S. The zero-order valence-corrected chi connectivity index (χ0v) is 11.5. The second-order valence-corrected chi connectivity index (χ2v) is 6.46. The first-order valence-electron chi connectivity index (χ1n) is 5.48. The minimum absolute atomic E-state index is 0.00189. The Morgan fingerprint density at radius 3 is 2.28 bits per heavy atom. The van der Waals surface area contributed by atoms with Gasteiger partial charge in [0.2, 0.25) is 0 Å². The van der Waals surface area contributed by atoms with Crippen LogP contribution in [0, 0.1) is 6.92 Å². The molecule has 1 rings (SSSR count). The number of nitrogens with zero attached hydrogens (tertiary/aromatic N) is 1. The molecule has 0 heterocycles. The quantitative estimate of drug-likeness (QED) is 0.635. The summed E-state index contributed by atoms with van der Waals surface area (Å²) in [7, 11) is -3.80. The van der Waals surface area contributed by atoms with Gasteiger partial charge in [0.15, 0.2) is 0 Å². The number of hydrogen-bond acceptors (Lipinski definition) is 3. The summed E-state index contributed by atoms with van der Waals surface area (Å²) < 4.78 is 27.3. The molecule has 0 saturated carbocycles. The van der Waals surface area contributed by atoms with Crippen LogP contribution in [0.2, 0.25) is 0 Å². The summed E-state index contributed by atoms with van der Waals surface area (Å²) in [5, 5.41) is 9.54. The van der Waals surface area contributed by atoms with Crippen LogP contribution < -0.4 is 5.73 Å². The Hall–Kier alpha value is -1.40. The fourth-order valence-corrected chi connectivity index (χ4v) is 2.35. The smallest absolute Gasteiger partial charge is 0.283 e. The Balaban J connectivity index is 3.01. The first-order chi connectivity index (χ1) is 8.10. The summed E-state index contributed by atoms with van der Waals surface area (Å²) in [5.74, 6) is -0.108. The predicted molar refractivity (Wildman–Crippen MR) is 70.9 cm³/mol. The molecule has 0 unspecified atom stereocenters. The summed E-state index contributed by atoms with van der Waals surface area (Å²) in [5.41, 5.74) is 5.40. The highest BCUT2D eigenvalue weighted by molar-refractivity contribution is 7.90. The first-order valence-corrected chi connectivity index (χ1v) is 6.92. The maximum Gasteiger partial charge on any atom is 0.283 e. The zero-order chi connectivity index (χ0) is 14.0. The maximum atomic E-state index is 11.9. The lowest BCUT2D eigenvalue weighted by atomic mass is 10.1. The average molecular weight is 270 g/mol. The van der Waals surface area contributed by atoms with Crippen molar-refractivity contribution in [3.05, 3.63) is 29.8 Å². The van der Waals surface area contributed by atoms with E-state index in [0.29, 0.717) is 0 Å². The summed E-state index contributed by atoms with van der Waals surface area (Å²) >= 11 is 0. The van der Waals surface area contributed by atoms with Gasteiger partial charge in [-0.15, -0.1) is 4.40 Å². The van der Waals surface area contributed by atoms with Gasteiger partial charge in [-0.1, -0.05) is 17.7 Å². The topological polar surface area (TPSA) is 92.8 Å². The molecule has 0 saturated heterocycles. The van der Waals surface area contributed by atoms with E-state index < -0.39 is 15.6 Å². The summed E-state index contributed by atoms with van der Waals surface area (Å²) in [6.07, 6.45) is -0.00189.